The largest absolute Gasteiger partial charge is 0.492 e. The van der Waals surface area contributed by atoms with E-state index in [1.54, 1.807) is 0 Å². The zero-order valence-corrected chi connectivity index (χ0v) is 15.0. The second kappa shape index (κ2) is 6.42. The lowest BCUT2D eigenvalue weighted by molar-refractivity contribution is 0.412. The minimum Gasteiger partial charge on any atom is -0.492 e. The summed E-state index contributed by atoms with van der Waals surface area (Å²) in [5.41, 5.74) is 0.222. The molecule has 2 fully saturated rings. The first-order valence-electron chi connectivity index (χ1n) is 8.99. The summed E-state index contributed by atoms with van der Waals surface area (Å²) in [6.45, 7) is 2.28. The standard InChI is InChI=1S/C18H23FN4O3/c1-20-7-10-5-6-22(8-10)14-12(19)9-23-15(16(14)26-2)13(11-3-4-11)17(24)21-18(23)25/h9-11,20H,3-8H2,1-2H3,(H,21,24,25). The van der Waals surface area contributed by atoms with Crippen molar-refractivity contribution in [3.63, 3.8) is 0 Å². The predicted octanol–water partition coefficient (Wildman–Crippen LogP) is 1.06. The number of rotatable bonds is 5. The topological polar surface area (TPSA) is 78.8 Å². The van der Waals surface area contributed by atoms with Crippen molar-refractivity contribution in [1.82, 2.24) is 14.7 Å². The third-order valence-corrected chi connectivity index (χ3v) is 5.36. The number of hydrogen-bond acceptors (Lipinski definition) is 5. The summed E-state index contributed by atoms with van der Waals surface area (Å²) < 4.78 is 21.7. The normalized spacial score (nSPS) is 20.1. The lowest BCUT2D eigenvalue weighted by atomic mass is 10.1. The van der Waals surface area contributed by atoms with Gasteiger partial charge in [-0.1, -0.05) is 0 Å². The molecule has 1 unspecified atom stereocenters. The molecule has 0 amide bonds. The van der Waals surface area contributed by atoms with Crippen molar-refractivity contribution in [3.05, 3.63) is 38.4 Å². The molecular formula is C18H23FN4O3. The van der Waals surface area contributed by atoms with E-state index in [2.05, 4.69) is 10.3 Å². The first-order valence-corrected chi connectivity index (χ1v) is 8.99. The molecule has 2 N–H and O–H groups in total. The summed E-state index contributed by atoms with van der Waals surface area (Å²) in [5.74, 6) is 0.275. The van der Waals surface area contributed by atoms with Crippen molar-refractivity contribution in [2.75, 3.05) is 38.7 Å². The molecule has 0 bridgehead atoms. The Hall–Kier alpha value is -2.35. The van der Waals surface area contributed by atoms with Crippen LogP contribution in [0.1, 0.15) is 30.7 Å². The Morgan fingerprint density at radius 2 is 2.12 bits per heavy atom. The third kappa shape index (κ3) is 2.68. The van der Waals surface area contributed by atoms with Gasteiger partial charge in [0.15, 0.2) is 11.6 Å². The minimum absolute atomic E-state index is 0.0946. The van der Waals surface area contributed by atoms with E-state index in [1.165, 1.54) is 17.7 Å². The molecule has 2 aromatic rings. The zero-order chi connectivity index (χ0) is 18.4. The highest BCUT2D eigenvalue weighted by Gasteiger charge is 2.34. The van der Waals surface area contributed by atoms with Crippen LogP contribution in [-0.4, -0.2) is 43.2 Å². The van der Waals surface area contributed by atoms with Gasteiger partial charge in [-0.25, -0.2) is 9.18 Å². The van der Waals surface area contributed by atoms with Gasteiger partial charge in [0.1, 0.15) is 11.2 Å². The van der Waals surface area contributed by atoms with E-state index in [0.717, 1.165) is 25.8 Å². The van der Waals surface area contributed by atoms with E-state index in [-0.39, 0.29) is 11.7 Å². The highest BCUT2D eigenvalue weighted by molar-refractivity contribution is 5.78. The van der Waals surface area contributed by atoms with Gasteiger partial charge >= 0.3 is 5.69 Å². The van der Waals surface area contributed by atoms with Crippen molar-refractivity contribution in [3.8, 4) is 5.75 Å². The molecule has 8 heteroatoms. The van der Waals surface area contributed by atoms with Crippen LogP contribution in [0.15, 0.2) is 15.8 Å². The molecule has 1 atom stereocenters. The van der Waals surface area contributed by atoms with E-state index in [9.17, 15) is 14.0 Å². The van der Waals surface area contributed by atoms with Crippen LogP contribution in [0.5, 0.6) is 5.75 Å². The minimum atomic E-state index is -0.646. The molecule has 1 saturated heterocycles. The molecule has 0 radical (unpaired) electrons. The van der Waals surface area contributed by atoms with Crippen molar-refractivity contribution < 1.29 is 9.13 Å². The number of nitrogens with one attached hydrogen (secondary N) is 2. The number of hydrogen-bond donors (Lipinski definition) is 2. The van der Waals surface area contributed by atoms with Gasteiger partial charge in [-0.05, 0) is 44.7 Å². The number of H-pyrrole nitrogens is 1. The first-order chi connectivity index (χ1) is 12.5. The van der Waals surface area contributed by atoms with Crippen LogP contribution < -0.4 is 26.2 Å². The summed E-state index contributed by atoms with van der Waals surface area (Å²) in [5, 5.41) is 3.16. The number of methoxy groups -OCH3 is 1. The maximum Gasteiger partial charge on any atom is 0.333 e. The summed E-state index contributed by atoms with van der Waals surface area (Å²) in [6, 6.07) is 0. The second-order valence-corrected chi connectivity index (χ2v) is 7.18. The summed E-state index contributed by atoms with van der Waals surface area (Å²) in [4.78, 5) is 28.9. The Morgan fingerprint density at radius 1 is 1.35 bits per heavy atom. The number of ether oxygens (including phenoxy) is 1. The van der Waals surface area contributed by atoms with Gasteiger partial charge in [-0.2, -0.15) is 0 Å². The van der Waals surface area contributed by atoms with E-state index < -0.39 is 17.1 Å². The van der Waals surface area contributed by atoms with Gasteiger partial charge < -0.3 is 15.0 Å². The van der Waals surface area contributed by atoms with Gasteiger partial charge in [0.25, 0.3) is 5.56 Å². The molecule has 0 spiro atoms. The van der Waals surface area contributed by atoms with Crippen LogP contribution in [0.3, 0.4) is 0 Å². The average Bonchev–Trinajstić information content (AvgIpc) is 3.33. The first kappa shape index (κ1) is 17.1. The lowest BCUT2D eigenvalue weighted by Gasteiger charge is -2.24. The number of fused-ring (bicyclic) bond motifs is 1. The maximum atomic E-state index is 15.0. The molecular weight excluding hydrogens is 339 g/mol. The third-order valence-electron chi connectivity index (χ3n) is 5.36. The van der Waals surface area contributed by atoms with Crippen LogP contribution in [-0.2, 0) is 0 Å². The van der Waals surface area contributed by atoms with Crippen molar-refractivity contribution in [1.29, 1.82) is 0 Å². The van der Waals surface area contributed by atoms with E-state index in [4.69, 9.17) is 4.74 Å². The molecule has 0 aromatic carbocycles. The molecule has 7 nitrogen and oxygen atoms in total. The van der Waals surface area contributed by atoms with Gasteiger partial charge in [-0.15, -0.1) is 0 Å². The average molecular weight is 362 g/mol. The van der Waals surface area contributed by atoms with Crippen LogP contribution >= 0.6 is 0 Å². The Balaban J connectivity index is 1.94. The summed E-state index contributed by atoms with van der Waals surface area (Å²) >= 11 is 0. The quantitative estimate of drug-likeness (QED) is 0.832. The molecule has 2 aromatic heterocycles. The number of halogens is 1. The Labute approximate surface area is 149 Å². The van der Waals surface area contributed by atoms with E-state index in [1.807, 2.05) is 11.9 Å². The molecule has 140 valence electrons. The van der Waals surface area contributed by atoms with E-state index in [0.29, 0.717) is 35.8 Å². The monoisotopic (exact) mass is 362 g/mol. The zero-order valence-electron chi connectivity index (χ0n) is 15.0. The van der Waals surface area contributed by atoms with Gasteiger partial charge in [-0.3, -0.25) is 14.2 Å². The SMILES string of the molecule is CNCC1CCN(c2c(F)cn3c(=O)[nH]c(=O)c(C4CC4)c3c2OC)C1. The van der Waals surface area contributed by atoms with Gasteiger partial charge in [0.2, 0.25) is 0 Å². The number of pyridine rings is 1. The molecule has 4 rings (SSSR count). The van der Waals surface area contributed by atoms with E-state index >= 15 is 0 Å². The molecule has 1 saturated carbocycles. The fraction of sp³-hybridized carbons (Fsp3) is 0.556. The molecule has 1 aliphatic heterocycles. The Morgan fingerprint density at radius 3 is 2.77 bits per heavy atom. The second-order valence-electron chi connectivity index (χ2n) is 7.18. The fourth-order valence-electron chi connectivity index (χ4n) is 4.04. The Kier molecular flexibility index (Phi) is 4.22. The van der Waals surface area contributed by atoms with Crippen molar-refractivity contribution >= 4 is 11.2 Å². The number of nitrogens with zero attached hydrogens (tertiary/aromatic N) is 2. The summed E-state index contributed by atoms with van der Waals surface area (Å²) in [7, 11) is 3.36. The Bertz CT molecular complexity index is 964. The van der Waals surface area contributed by atoms with Crippen molar-refractivity contribution in [2.45, 2.75) is 25.2 Å². The van der Waals surface area contributed by atoms with Crippen LogP contribution in [0.25, 0.3) is 5.52 Å². The van der Waals surface area contributed by atoms with Crippen LogP contribution in [0.2, 0.25) is 0 Å². The number of aromatic amines is 1. The smallest absolute Gasteiger partial charge is 0.333 e. The summed E-state index contributed by atoms with van der Waals surface area (Å²) in [6.07, 6.45) is 3.90. The van der Waals surface area contributed by atoms with Crippen LogP contribution in [0, 0.1) is 11.7 Å². The molecule has 26 heavy (non-hydrogen) atoms. The van der Waals surface area contributed by atoms with Gasteiger partial charge in [0, 0.05) is 18.7 Å². The molecule has 3 heterocycles. The predicted molar refractivity (Wildman–Crippen MR) is 97.0 cm³/mol. The number of anilines is 1. The maximum absolute atomic E-state index is 15.0. The number of aromatic nitrogens is 2. The lowest BCUT2D eigenvalue weighted by Crippen LogP contribution is -2.31. The highest BCUT2D eigenvalue weighted by Crippen LogP contribution is 2.45. The van der Waals surface area contributed by atoms with Crippen molar-refractivity contribution in [2.24, 2.45) is 5.92 Å². The highest BCUT2D eigenvalue weighted by atomic mass is 19.1. The molecule has 1 aliphatic carbocycles. The molecule has 2 aliphatic rings. The fourth-order valence-corrected chi connectivity index (χ4v) is 4.04. The van der Waals surface area contributed by atoms with Gasteiger partial charge in [0.05, 0.1) is 13.3 Å². The van der Waals surface area contributed by atoms with Crippen LogP contribution in [0.4, 0.5) is 10.1 Å².